The van der Waals surface area contributed by atoms with Crippen LogP contribution in [0.4, 0.5) is 0 Å². The molecular weight excluding hydrogens is 164 g/mol. The van der Waals surface area contributed by atoms with E-state index in [1.54, 1.807) is 0 Å². The molecule has 5 atom stereocenters. The van der Waals surface area contributed by atoms with Crippen LogP contribution < -0.4 is 0 Å². The van der Waals surface area contributed by atoms with E-state index in [2.05, 4.69) is 0 Å². The van der Waals surface area contributed by atoms with Crippen LogP contribution in [0.25, 0.3) is 0 Å². The van der Waals surface area contributed by atoms with Crippen LogP contribution in [0.3, 0.4) is 0 Å². The van der Waals surface area contributed by atoms with Crippen molar-refractivity contribution >= 4 is 0 Å². The zero-order valence-electron chi connectivity index (χ0n) is 7.04. The fourth-order valence-electron chi connectivity index (χ4n) is 1.33. The second kappa shape index (κ2) is 3.68. The van der Waals surface area contributed by atoms with Crippen molar-refractivity contribution in [2.24, 2.45) is 0 Å². The van der Waals surface area contributed by atoms with Gasteiger partial charge in [-0.2, -0.15) is 0 Å². The minimum absolute atomic E-state index is 0.773. The lowest BCUT2D eigenvalue weighted by molar-refractivity contribution is -0.148. The molecule has 1 aliphatic rings. The summed E-state index contributed by atoms with van der Waals surface area (Å²) in [6.45, 7) is 1.48. The zero-order valence-corrected chi connectivity index (χ0v) is 7.04. The normalized spacial score (nSPS) is 44.8. The Morgan fingerprint density at radius 1 is 1.42 bits per heavy atom. The monoisotopic (exact) mass is 178 g/mol. The van der Waals surface area contributed by atoms with E-state index >= 15 is 0 Å². The molecule has 3 N–H and O–H groups in total. The summed E-state index contributed by atoms with van der Waals surface area (Å²) in [6.07, 6.45) is -4.51. The predicted molar refractivity (Wildman–Crippen MR) is 39.4 cm³/mol. The van der Waals surface area contributed by atoms with Crippen molar-refractivity contribution in [2.45, 2.75) is 37.6 Å². The summed E-state index contributed by atoms with van der Waals surface area (Å²) in [4.78, 5) is 0. The highest BCUT2D eigenvalue weighted by Crippen LogP contribution is 2.23. The van der Waals surface area contributed by atoms with E-state index in [0.717, 1.165) is 0 Å². The number of ether oxygens (including phenoxy) is 2. The average Bonchev–Trinajstić information content (AvgIpc) is 2.27. The Balaban J connectivity index is 2.62. The Morgan fingerprint density at radius 3 is 2.25 bits per heavy atom. The van der Waals surface area contributed by atoms with Gasteiger partial charge in [-0.1, -0.05) is 0 Å². The highest BCUT2D eigenvalue weighted by molar-refractivity contribution is 4.89. The van der Waals surface area contributed by atoms with Crippen LogP contribution in [0.2, 0.25) is 0 Å². The van der Waals surface area contributed by atoms with Crippen molar-refractivity contribution < 1.29 is 24.8 Å². The summed E-state index contributed by atoms with van der Waals surface area (Å²) < 4.78 is 9.65. The van der Waals surface area contributed by atoms with Gasteiger partial charge in [0.15, 0.2) is 6.29 Å². The topological polar surface area (TPSA) is 79.2 Å². The molecule has 0 amide bonds. The SMILES string of the molecule is CO[C@H]1[C@H](O)[C@@H]([C@H](C)O)O[C@@H]1O. The van der Waals surface area contributed by atoms with Crippen LogP contribution in [-0.2, 0) is 9.47 Å². The van der Waals surface area contributed by atoms with Crippen molar-refractivity contribution in [1.82, 2.24) is 0 Å². The summed E-state index contributed by atoms with van der Waals surface area (Å²) in [5.74, 6) is 0. The van der Waals surface area contributed by atoms with Gasteiger partial charge >= 0.3 is 0 Å². The third kappa shape index (κ3) is 1.60. The van der Waals surface area contributed by atoms with Crippen LogP contribution in [0.1, 0.15) is 6.92 Å². The van der Waals surface area contributed by atoms with Gasteiger partial charge < -0.3 is 24.8 Å². The second-order valence-corrected chi connectivity index (χ2v) is 2.92. The molecule has 0 aromatic heterocycles. The lowest BCUT2D eigenvalue weighted by Crippen LogP contribution is -2.38. The number of hydrogen-bond acceptors (Lipinski definition) is 5. The summed E-state index contributed by atoms with van der Waals surface area (Å²) >= 11 is 0. The Bertz CT molecular complexity index is 149. The van der Waals surface area contributed by atoms with Crippen LogP contribution in [0.15, 0.2) is 0 Å². The van der Waals surface area contributed by atoms with Gasteiger partial charge in [0.1, 0.15) is 18.3 Å². The van der Waals surface area contributed by atoms with Gasteiger partial charge in [-0.05, 0) is 6.92 Å². The van der Waals surface area contributed by atoms with E-state index in [9.17, 15) is 5.11 Å². The maximum Gasteiger partial charge on any atom is 0.184 e. The van der Waals surface area contributed by atoms with Gasteiger partial charge in [-0.3, -0.25) is 0 Å². The molecule has 5 heteroatoms. The molecule has 0 unspecified atom stereocenters. The standard InChI is InChI=1S/C7H14O5/c1-3(8)5-4(9)6(11-2)7(10)12-5/h3-10H,1-2H3/t3-,4+,5+,6-,7-/m0/s1. The number of aliphatic hydroxyl groups is 3. The lowest BCUT2D eigenvalue weighted by atomic mass is 10.1. The largest absolute Gasteiger partial charge is 0.391 e. The lowest BCUT2D eigenvalue weighted by Gasteiger charge is -2.17. The van der Waals surface area contributed by atoms with Gasteiger partial charge in [0.2, 0.25) is 0 Å². The highest BCUT2D eigenvalue weighted by atomic mass is 16.7. The molecule has 1 aliphatic heterocycles. The quantitative estimate of drug-likeness (QED) is 0.477. The second-order valence-electron chi connectivity index (χ2n) is 2.92. The molecule has 1 rings (SSSR count). The number of hydrogen-bond donors (Lipinski definition) is 3. The fraction of sp³-hybridized carbons (Fsp3) is 1.00. The van der Waals surface area contributed by atoms with E-state index in [-0.39, 0.29) is 0 Å². The van der Waals surface area contributed by atoms with Crippen LogP contribution >= 0.6 is 0 Å². The first-order chi connectivity index (χ1) is 5.57. The first-order valence-corrected chi connectivity index (χ1v) is 3.80. The molecule has 0 spiro atoms. The third-order valence-corrected chi connectivity index (χ3v) is 2.00. The first-order valence-electron chi connectivity index (χ1n) is 3.80. The molecule has 1 heterocycles. The van der Waals surface area contributed by atoms with Gasteiger partial charge in [-0.25, -0.2) is 0 Å². The van der Waals surface area contributed by atoms with Crippen molar-refractivity contribution in [3.8, 4) is 0 Å². The van der Waals surface area contributed by atoms with Crippen molar-refractivity contribution in [3.05, 3.63) is 0 Å². The van der Waals surface area contributed by atoms with Crippen molar-refractivity contribution in [1.29, 1.82) is 0 Å². The fourth-order valence-corrected chi connectivity index (χ4v) is 1.33. The van der Waals surface area contributed by atoms with Gasteiger partial charge in [0.25, 0.3) is 0 Å². The van der Waals surface area contributed by atoms with Crippen molar-refractivity contribution in [2.75, 3.05) is 7.11 Å². The van der Waals surface area contributed by atoms with Gasteiger partial charge in [-0.15, -0.1) is 0 Å². The Labute approximate surface area is 70.5 Å². The highest BCUT2D eigenvalue weighted by Gasteiger charge is 2.45. The molecule has 0 aromatic carbocycles. The maximum absolute atomic E-state index is 9.42. The van der Waals surface area contributed by atoms with E-state index < -0.39 is 30.7 Å². The summed E-state index contributed by atoms with van der Waals surface area (Å²) in [5.41, 5.74) is 0. The summed E-state index contributed by atoms with van der Waals surface area (Å²) in [7, 11) is 1.37. The summed E-state index contributed by atoms with van der Waals surface area (Å²) in [6, 6.07) is 0. The van der Waals surface area contributed by atoms with Crippen LogP contribution in [0, 0.1) is 0 Å². The Hall–Kier alpha value is -0.200. The molecular formula is C7H14O5. The van der Waals surface area contributed by atoms with Crippen LogP contribution in [0.5, 0.6) is 0 Å². The minimum Gasteiger partial charge on any atom is -0.391 e. The van der Waals surface area contributed by atoms with E-state index in [1.165, 1.54) is 14.0 Å². The predicted octanol–water partition coefficient (Wildman–Crippen LogP) is -1.54. The Morgan fingerprint density at radius 2 is 2.00 bits per heavy atom. The molecule has 1 fully saturated rings. The molecule has 0 aromatic rings. The summed E-state index contributed by atoms with van der Waals surface area (Å²) in [5, 5.41) is 27.7. The minimum atomic E-state index is -1.16. The molecule has 12 heavy (non-hydrogen) atoms. The van der Waals surface area contributed by atoms with E-state index in [0.29, 0.717) is 0 Å². The zero-order chi connectivity index (χ0) is 9.30. The van der Waals surface area contributed by atoms with E-state index in [1.807, 2.05) is 0 Å². The number of rotatable bonds is 2. The third-order valence-electron chi connectivity index (χ3n) is 2.00. The van der Waals surface area contributed by atoms with Crippen molar-refractivity contribution in [3.63, 3.8) is 0 Å². The average molecular weight is 178 g/mol. The molecule has 72 valence electrons. The smallest absolute Gasteiger partial charge is 0.184 e. The Kier molecular flexibility index (Phi) is 3.03. The number of methoxy groups -OCH3 is 1. The molecule has 0 saturated carbocycles. The van der Waals surface area contributed by atoms with Gasteiger partial charge in [0.05, 0.1) is 6.10 Å². The first kappa shape index (κ1) is 9.88. The van der Waals surface area contributed by atoms with E-state index in [4.69, 9.17) is 19.7 Å². The number of aliphatic hydroxyl groups excluding tert-OH is 3. The molecule has 0 aliphatic carbocycles. The molecule has 0 radical (unpaired) electrons. The maximum atomic E-state index is 9.42. The molecule has 0 bridgehead atoms. The van der Waals surface area contributed by atoms with Gasteiger partial charge in [0, 0.05) is 7.11 Å². The van der Waals surface area contributed by atoms with Crippen LogP contribution in [-0.4, -0.2) is 53.1 Å². The molecule has 1 saturated heterocycles. The molecule has 5 nitrogen and oxygen atoms in total.